The van der Waals surface area contributed by atoms with Gasteiger partial charge in [0.15, 0.2) is 0 Å². The minimum absolute atomic E-state index is 0.306. The maximum atomic E-state index is 12.4. The lowest BCUT2D eigenvalue weighted by atomic mass is 10.2. The highest BCUT2D eigenvalue weighted by Gasteiger charge is 2.16. The zero-order valence-electron chi connectivity index (χ0n) is 15.0. The molecule has 2 amide bonds. The van der Waals surface area contributed by atoms with Crippen LogP contribution >= 0.6 is 11.3 Å². The van der Waals surface area contributed by atoms with Gasteiger partial charge in [-0.2, -0.15) is 0 Å². The smallest absolute Gasteiger partial charge is 0.322 e. The number of thiazole rings is 1. The van der Waals surface area contributed by atoms with Gasteiger partial charge < -0.3 is 20.5 Å². The summed E-state index contributed by atoms with van der Waals surface area (Å²) in [7, 11) is 0. The van der Waals surface area contributed by atoms with E-state index < -0.39 is 18.4 Å². The van der Waals surface area contributed by atoms with Gasteiger partial charge in [-0.3, -0.25) is 19.3 Å². The maximum Gasteiger partial charge on any atom is 0.322 e. The summed E-state index contributed by atoms with van der Waals surface area (Å²) in [4.78, 5) is 41.3. The predicted octanol–water partition coefficient (Wildman–Crippen LogP) is 1.04. The number of aromatic nitrogens is 1. The zero-order valence-corrected chi connectivity index (χ0v) is 15.8. The summed E-state index contributed by atoms with van der Waals surface area (Å²) in [6.07, 6.45) is 0. The summed E-state index contributed by atoms with van der Waals surface area (Å²) >= 11 is 1.44. The van der Waals surface area contributed by atoms with Crippen LogP contribution < -0.4 is 10.6 Å². The molecule has 28 heavy (non-hydrogen) atoms. The number of amides is 2. The van der Waals surface area contributed by atoms with E-state index in [1.165, 1.54) is 23.5 Å². The van der Waals surface area contributed by atoms with Crippen LogP contribution in [0.5, 0.6) is 0 Å². The average Bonchev–Trinajstić information content (AvgIpc) is 3.16. The number of nitrogens with one attached hydrogen (secondary N) is 2. The number of morpholine rings is 1. The first-order valence-electron chi connectivity index (χ1n) is 8.67. The number of aliphatic carboxylic acids is 1. The third-order valence-corrected chi connectivity index (χ3v) is 4.89. The highest BCUT2D eigenvalue weighted by atomic mass is 32.1. The molecule has 1 aliphatic heterocycles. The fraction of sp³-hybridized carbons (Fsp3) is 0.333. The van der Waals surface area contributed by atoms with Crippen molar-refractivity contribution in [2.45, 2.75) is 6.54 Å². The third-order valence-electron chi connectivity index (χ3n) is 4.05. The van der Waals surface area contributed by atoms with Crippen LogP contribution in [0.25, 0.3) is 0 Å². The number of carboxylic acid groups (broad SMARTS) is 1. The molecule has 0 bridgehead atoms. The Hall–Kier alpha value is -2.82. The van der Waals surface area contributed by atoms with Gasteiger partial charge in [-0.1, -0.05) is 0 Å². The van der Waals surface area contributed by atoms with Crippen molar-refractivity contribution in [3.8, 4) is 0 Å². The molecule has 2 aromatic rings. The van der Waals surface area contributed by atoms with Crippen molar-refractivity contribution in [3.05, 3.63) is 45.9 Å². The minimum Gasteiger partial charge on any atom is -0.480 e. The first kappa shape index (κ1) is 19.9. The van der Waals surface area contributed by atoms with Gasteiger partial charge in [0.25, 0.3) is 11.8 Å². The third kappa shape index (κ3) is 5.59. The van der Waals surface area contributed by atoms with Crippen molar-refractivity contribution < 1.29 is 24.2 Å². The normalized spacial score (nSPS) is 14.4. The Balaban J connectivity index is 1.54. The van der Waals surface area contributed by atoms with Crippen molar-refractivity contribution in [1.29, 1.82) is 0 Å². The van der Waals surface area contributed by atoms with Crippen molar-refractivity contribution >= 4 is 34.8 Å². The van der Waals surface area contributed by atoms with Crippen LogP contribution in [0.1, 0.15) is 25.9 Å². The number of ether oxygens (including phenoxy) is 1. The monoisotopic (exact) mass is 404 g/mol. The Kier molecular flexibility index (Phi) is 6.69. The molecule has 3 N–H and O–H groups in total. The molecule has 1 aliphatic rings. The second-order valence-electron chi connectivity index (χ2n) is 6.12. The van der Waals surface area contributed by atoms with Crippen LogP contribution in [0.4, 0.5) is 5.69 Å². The van der Waals surface area contributed by atoms with Crippen LogP contribution in [0.2, 0.25) is 0 Å². The highest BCUT2D eigenvalue weighted by molar-refractivity contribution is 7.09. The van der Waals surface area contributed by atoms with Crippen LogP contribution in [-0.2, 0) is 16.1 Å². The van der Waals surface area contributed by atoms with E-state index in [-0.39, 0.29) is 5.91 Å². The quantitative estimate of drug-likeness (QED) is 0.630. The predicted molar refractivity (Wildman–Crippen MR) is 103 cm³/mol. The largest absolute Gasteiger partial charge is 0.480 e. The second kappa shape index (κ2) is 9.40. The minimum atomic E-state index is -1.12. The Morgan fingerprint density at radius 2 is 1.86 bits per heavy atom. The summed E-state index contributed by atoms with van der Waals surface area (Å²) < 4.78 is 5.32. The number of carboxylic acids is 1. The maximum absolute atomic E-state index is 12.4. The first-order valence-corrected chi connectivity index (χ1v) is 9.55. The van der Waals surface area contributed by atoms with E-state index in [9.17, 15) is 14.4 Å². The molecular formula is C18H20N4O5S. The number of hydrogen-bond donors (Lipinski definition) is 3. The van der Waals surface area contributed by atoms with Crippen molar-refractivity contribution in [1.82, 2.24) is 15.2 Å². The van der Waals surface area contributed by atoms with E-state index in [2.05, 4.69) is 20.5 Å². The van der Waals surface area contributed by atoms with Crippen LogP contribution in [0.3, 0.4) is 0 Å². The Morgan fingerprint density at radius 3 is 2.54 bits per heavy atom. The molecule has 2 heterocycles. The van der Waals surface area contributed by atoms with E-state index in [4.69, 9.17) is 9.84 Å². The van der Waals surface area contributed by atoms with Crippen molar-refractivity contribution in [2.75, 3.05) is 38.2 Å². The van der Waals surface area contributed by atoms with E-state index in [0.717, 1.165) is 18.1 Å². The molecule has 0 spiro atoms. The summed E-state index contributed by atoms with van der Waals surface area (Å²) in [5.74, 6) is -1.94. The molecule has 148 valence electrons. The molecule has 1 aromatic carbocycles. The van der Waals surface area contributed by atoms with Gasteiger partial charge in [-0.15, -0.1) is 11.3 Å². The molecule has 0 radical (unpaired) electrons. The number of hydrogen-bond acceptors (Lipinski definition) is 7. The number of nitrogens with zero attached hydrogens (tertiary/aromatic N) is 2. The fourth-order valence-electron chi connectivity index (χ4n) is 2.60. The van der Waals surface area contributed by atoms with Gasteiger partial charge in [0, 0.05) is 29.7 Å². The molecule has 0 atom stereocenters. The average molecular weight is 404 g/mol. The van der Waals surface area contributed by atoms with Crippen LogP contribution in [-0.4, -0.2) is 65.6 Å². The Labute approximate surface area is 165 Å². The van der Waals surface area contributed by atoms with Gasteiger partial charge in [0.05, 0.1) is 19.8 Å². The molecule has 10 heteroatoms. The standard InChI is InChI=1S/C18H20N4O5S/c23-16(24)9-19-17(25)12-1-3-13(4-2-12)20-18(26)14-11-28-15(21-14)10-22-5-7-27-8-6-22/h1-4,11H,5-10H2,(H,19,25)(H,20,26)(H,23,24). The number of rotatable bonds is 7. The van der Waals surface area contributed by atoms with Gasteiger partial charge in [0.2, 0.25) is 0 Å². The fourth-order valence-corrected chi connectivity index (χ4v) is 3.41. The van der Waals surface area contributed by atoms with Gasteiger partial charge in [0.1, 0.15) is 17.2 Å². The molecule has 0 saturated carbocycles. The molecule has 0 aliphatic carbocycles. The first-order chi connectivity index (χ1) is 13.5. The molecule has 1 aromatic heterocycles. The molecule has 1 fully saturated rings. The lowest BCUT2D eigenvalue weighted by molar-refractivity contribution is -0.135. The molecule has 3 rings (SSSR count). The second-order valence-corrected chi connectivity index (χ2v) is 7.07. The molecular weight excluding hydrogens is 384 g/mol. The highest BCUT2D eigenvalue weighted by Crippen LogP contribution is 2.16. The summed E-state index contributed by atoms with van der Waals surface area (Å²) in [6.45, 7) is 3.38. The number of benzene rings is 1. The summed E-state index contributed by atoms with van der Waals surface area (Å²) in [5, 5.41) is 16.2. The van der Waals surface area contributed by atoms with Gasteiger partial charge in [-0.05, 0) is 24.3 Å². The summed E-state index contributed by atoms with van der Waals surface area (Å²) in [6, 6.07) is 6.18. The Bertz CT molecular complexity index is 846. The van der Waals surface area contributed by atoms with Crippen LogP contribution in [0.15, 0.2) is 29.6 Å². The van der Waals surface area contributed by atoms with E-state index >= 15 is 0 Å². The summed E-state index contributed by atoms with van der Waals surface area (Å²) in [5.41, 5.74) is 1.17. The lowest BCUT2D eigenvalue weighted by Gasteiger charge is -2.25. The van der Waals surface area contributed by atoms with Crippen molar-refractivity contribution in [3.63, 3.8) is 0 Å². The van der Waals surface area contributed by atoms with E-state index in [1.54, 1.807) is 17.5 Å². The number of carbonyl (C=O) groups is 3. The number of anilines is 1. The topological polar surface area (TPSA) is 121 Å². The molecule has 9 nitrogen and oxygen atoms in total. The molecule has 0 unspecified atom stereocenters. The van der Waals surface area contributed by atoms with Crippen molar-refractivity contribution in [2.24, 2.45) is 0 Å². The SMILES string of the molecule is O=C(O)CNC(=O)c1ccc(NC(=O)c2csc(CN3CCOCC3)n2)cc1. The molecule has 1 saturated heterocycles. The zero-order chi connectivity index (χ0) is 19.9. The number of carbonyl (C=O) groups excluding carboxylic acids is 2. The van der Waals surface area contributed by atoms with Crippen LogP contribution in [0, 0.1) is 0 Å². The lowest BCUT2D eigenvalue weighted by Crippen LogP contribution is -2.35. The Morgan fingerprint density at radius 1 is 1.14 bits per heavy atom. The van der Waals surface area contributed by atoms with Gasteiger partial charge >= 0.3 is 5.97 Å². The van der Waals surface area contributed by atoms with Gasteiger partial charge in [-0.25, -0.2) is 4.98 Å². The van der Waals surface area contributed by atoms with E-state index in [1.807, 2.05) is 0 Å². The van der Waals surface area contributed by atoms with E-state index in [0.29, 0.717) is 36.7 Å².